The maximum Gasteiger partial charge on any atom is 0.144 e. The molecule has 0 bridgehead atoms. The van der Waals surface area contributed by atoms with E-state index in [-0.39, 0.29) is 0 Å². The largest absolute Gasteiger partial charge is 0.372 e. The van der Waals surface area contributed by atoms with Gasteiger partial charge < -0.3 is 5.32 Å². The molecule has 0 aliphatic heterocycles. The summed E-state index contributed by atoms with van der Waals surface area (Å²) in [5.41, 5.74) is 1.07. The number of nitrogens with zero attached hydrogens (tertiary/aromatic N) is 2. The number of rotatable bonds is 6. The van der Waals surface area contributed by atoms with Crippen LogP contribution in [0.15, 0.2) is 38.1 Å². The van der Waals surface area contributed by atoms with Crippen molar-refractivity contribution in [2.24, 2.45) is 0 Å². The smallest absolute Gasteiger partial charge is 0.144 e. The minimum atomic E-state index is 0.751. The topological polar surface area (TPSA) is 37.8 Å². The first-order valence-corrected chi connectivity index (χ1v) is 9.33. The summed E-state index contributed by atoms with van der Waals surface area (Å²) in [7, 11) is 1.88. The minimum Gasteiger partial charge on any atom is -0.372 e. The van der Waals surface area contributed by atoms with Crippen molar-refractivity contribution in [2.75, 3.05) is 12.4 Å². The first kappa shape index (κ1) is 16.8. The van der Waals surface area contributed by atoms with Gasteiger partial charge >= 0.3 is 0 Å². The molecule has 3 nitrogen and oxygen atoms in total. The molecule has 0 radical (unpaired) electrons. The summed E-state index contributed by atoms with van der Waals surface area (Å²) in [5, 5.41) is 3.13. The van der Waals surface area contributed by atoms with Gasteiger partial charge in [0.05, 0.1) is 15.9 Å². The normalized spacial score (nSPS) is 10.7. The number of hydrogen-bond acceptors (Lipinski definition) is 4. The molecule has 1 heterocycles. The molecule has 0 atom stereocenters. The molecule has 2 aromatic rings. The number of aryl methyl sites for hydroxylation is 1. The second kappa shape index (κ2) is 8.15. The molecular formula is C15H17Br2N3S. The molecule has 21 heavy (non-hydrogen) atoms. The molecular weight excluding hydrogens is 414 g/mol. The van der Waals surface area contributed by atoms with E-state index in [1.165, 1.54) is 4.90 Å². The van der Waals surface area contributed by atoms with Crippen LogP contribution in [0.3, 0.4) is 0 Å². The lowest BCUT2D eigenvalue weighted by molar-refractivity contribution is 0.847. The number of halogens is 2. The summed E-state index contributed by atoms with van der Waals surface area (Å²) in [6.07, 6.45) is 2.01. The maximum absolute atomic E-state index is 4.68. The SMILES string of the molecule is CCCc1nc(CSc2ccccc2Br)nc(NC)c1Br. The molecule has 0 saturated heterocycles. The quantitative estimate of drug-likeness (QED) is 0.632. The van der Waals surface area contributed by atoms with Crippen LogP contribution in [-0.2, 0) is 12.2 Å². The highest BCUT2D eigenvalue weighted by molar-refractivity contribution is 9.11. The lowest BCUT2D eigenvalue weighted by Crippen LogP contribution is -2.05. The van der Waals surface area contributed by atoms with Gasteiger partial charge in [0, 0.05) is 16.4 Å². The molecule has 2 rings (SSSR count). The monoisotopic (exact) mass is 429 g/mol. The molecule has 0 saturated carbocycles. The predicted octanol–water partition coefficient (Wildman–Crippen LogP) is 5.29. The first-order valence-electron chi connectivity index (χ1n) is 6.76. The molecule has 1 aromatic heterocycles. The fourth-order valence-corrected chi connectivity index (χ4v) is 3.88. The molecule has 1 N–H and O–H groups in total. The van der Waals surface area contributed by atoms with E-state index in [1.807, 2.05) is 25.2 Å². The Morgan fingerprint density at radius 1 is 1.19 bits per heavy atom. The van der Waals surface area contributed by atoms with E-state index in [2.05, 4.69) is 60.1 Å². The van der Waals surface area contributed by atoms with Gasteiger partial charge in [-0.25, -0.2) is 9.97 Å². The third-order valence-corrected chi connectivity index (χ3v) is 5.74. The third-order valence-electron chi connectivity index (χ3n) is 2.88. The highest BCUT2D eigenvalue weighted by Gasteiger charge is 2.11. The molecule has 0 amide bonds. The zero-order valence-corrected chi connectivity index (χ0v) is 16.0. The standard InChI is InChI=1S/C15H17Br2N3S/c1-3-6-11-14(17)15(18-2)20-13(19-11)9-21-12-8-5-4-7-10(12)16/h4-5,7-8H,3,6,9H2,1-2H3,(H,18,19,20). The zero-order chi connectivity index (χ0) is 15.2. The van der Waals surface area contributed by atoms with Crippen molar-refractivity contribution >= 4 is 49.4 Å². The molecule has 0 unspecified atom stereocenters. The number of hydrogen-bond donors (Lipinski definition) is 1. The second-order valence-electron chi connectivity index (χ2n) is 4.47. The summed E-state index contributed by atoms with van der Waals surface area (Å²) in [5.74, 6) is 2.46. The summed E-state index contributed by atoms with van der Waals surface area (Å²) in [6.45, 7) is 2.16. The number of aromatic nitrogens is 2. The molecule has 0 spiro atoms. The Balaban J connectivity index is 2.20. The van der Waals surface area contributed by atoms with E-state index in [4.69, 9.17) is 0 Å². The molecule has 6 heteroatoms. The van der Waals surface area contributed by atoms with Crippen LogP contribution in [0.2, 0.25) is 0 Å². The zero-order valence-electron chi connectivity index (χ0n) is 12.0. The highest BCUT2D eigenvalue weighted by atomic mass is 79.9. The minimum absolute atomic E-state index is 0.751. The van der Waals surface area contributed by atoms with Gasteiger partial charge in [0.1, 0.15) is 11.6 Å². The van der Waals surface area contributed by atoms with E-state index < -0.39 is 0 Å². The van der Waals surface area contributed by atoms with Crippen LogP contribution < -0.4 is 5.32 Å². The van der Waals surface area contributed by atoms with Crippen LogP contribution in [-0.4, -0.2) is 17.0 Å². The number of thioether (sulfide) groups is 1. The van der Waals surface area contributed by atoms with Gasteiger partial charge in [0.2, 0.25) is 0 Å². The van der Waals surface area contributed by atoms with Gasteiger partial charge in [-0.05, 0) is 50.4 Å². The van der Waals surface area contributed by atoms with Crippen molar-refractivity contribution in [3.63, 3.8) is 0 Å². The van der Waals surface area contributed by atoms with Gasteiger partial charge in [-0.15, -0.1) is 11.8 Å². The van der Waals surface area contributed by atoms with Crippen LogP contribution in [0.4, 0.5) is 5.82 Å². The third kappa shape index (κ3) is 4.44. The van der Waals surface area contributed by atoms with Crippen LogP contribution in [0.25, 0.3) is 0 Å². The Morgan fingerprint density at radius 2 is 1.95 bits per heavy atom. The number of anilines is 1. The van der Waals surface area contributed by atoms with Crippen molar-refractivity contribution in [2.45, 2.75) is 30.4 Å². The molecule has 0 aliphatic carbocycles. The molecule has 1 aromatic carbocycles. The van der Waals surface area contributed by atoms with E-state index >= 15 is 0 Å². The lowest BCUT2D eigenvalue weighted by atomic mass is 10.2. The van der Waals surface area contributed by atoms with Gasteiger partial charge in [-0.3, -0.25) is 0 Å². The highest BCUT2D eigenvalue weighted by Crippen LogP contribution is 2.30. The average Bonchev–Trinajstić information content (AvgIpc) is 2.49. The number of benzene rings is 1. The van der Waals surface area contributed by atoms with E-state index in [9.17, 15) is 0 Å². The Hall–Kier alpha value is -0.590. The Bertz CT molecular complexity index is 620. The predicted molar refractivity (Wildman–Crippen MR) is 97.0 cm³/mol. The fourth-order valence-electron chi connectivity index (χ4n) is 1.88. The van der Waals surface area contributed by atoms with Gasteiger partial charge in [0.25, 0.3) is 0 Å². The van der Waals surface area contributed by atoms with Gasteiger partial charge in [0.15, 0.2) is 0 Å². The van der Waals surface area contributed by atoms with Crippen LogP contribution in [0, 0.1) is 0 Å². The number of nitrogens with one attached hydrogen (secondary N) is 1. The van der Waals surface area contributed by atoms with Gasteiger partial charge in [-0.2, -0.15) is 0 Å². The van der Waals surface area contributed by atoms with Crippen LogP contribution in [0.5, 0.6) is 0 Å². The lowest BCUT2D eigenvalue weighted by Gasteiger charge is -2.11. The average molecular weight is 431 g/mol. The van der Waals surface area contributed by atoms with E-state index in [1.54, 1.807) is 11.8 Å². The Morgan fingerprint density at radius 3 is 2.62 bits per heavy atom. The van der Waals surface area contributed by atoms with Crippen LogP contribution in [0.1, 0.15) is 24.9 Å². The van der Waals surface area contributed by atoms with Crippen molar-refractivity contribution in [1.82, 2.24) is 9.97 Å². The summed E-state index contributed by atoms with van der Waals surface area (Å²) in [6, 6.07) is 8.20. The van der Waals surface area contributed by atoms with Crippen molar-refractivity contribution in [1.29, 1.82) is 0 Å². The molecule has 0 fully saturated rings. The van der Waals surface area contributed by atoms with Crippen molar-refractivity contribution in [3.05, 3.63) is 44.7 Å². The summed E-state index contributed by atoms with van der Waals surface area (Å²) >= 11 is 8.89. The first-order chi connectivity index (χ1) is 10.2. The Kier molecular flexibility index (Phi) is 6.51. The summed E-state index contributed by atoms with van der Waals surface area (Å²) < 4.78 is 2.08. The van der Waals surface area contributed by atoms with Gasteiger partial charge in [-0.1, -0.05) is 25.5 Å². The van der Waals surface area contributed by atoms with Crippen molar-refractivity contribution in [3.8, 4) is 0 Å². The molecule has 112 valence electrons. The van der Waals surface area contributed by atoms with E-state index in [0.29, 0.717) is 0 Å². The van der Waals surface area contributed by atoms with Crippen molar-refractivity contribution < 1.29 is 0 Å². The fraction of sp³-hybridized carbons (Fsp3) is 0.333. The summed E-state index contributed by atoms with van der Waals surface area (Å²) in [4.78, 5) is 10.5. The maximum atomic E-state index is 4.68. The molecule has 0 aliphatic rings. The van der Waals surface area contributed by atoms with E-state index in [0.717, 1.165) is 44.9 Å². The second-order valence-corrected chi connectivity index (χ2v) is 7.13. The Labute approximate surface area is 146 Å². The van der Waals surface area contributed by atoms with Crippen LogP contribution >= 0.6 is 43.6 Å².